The second kappa shape index (κ2) is 11.6. The van der Waals surface area contributed by atoms with Gasteiger partial charge < -0.3 is 4.90 Å². The minimum Gasteiger partial charge on any atom is -0.309 e. The van der Waals surface area contributed by atoms with E-state index in [2.05, 4.69) is 206 Å². The number of hydrogen-bond acceptors (Lipinski definition) is 1. The van der Waals surface area contributed by atoms with E-state index in [0.29, 0.717) is 0 Å². The van der Waals surface area contributed by atoms with Crippen LogP contribution in [0.4, 0.5) is 17.1 Å². The van der Waals surface area contributed by atoms with Crippen molar-refractivity contribution in [1.29, 1.82) is 0 Å². The molecule has 0 amide bonds. The standard InChI is InChI=1S/C50H35N/c1-50(35-19-6-3-7-20-35)45-27-14-12-26-43(45)49-46(50)28-16-30-48(49)51(47-29-15-13-21-37(47)34-17-4-2-5-18-34)36-31-32-42-40-24-9-8-22-38(40)39-23-10-11-25-41(39)44(42)33-36/h2-33H,1H3. The van der Waals surface area contributed by atoms with Crippen LogP contribution in [0.1, 0.15) is 23.6 Å². The first-order chi connectivity index (χ1) is 25.2. The molecule has 0 N–H and O–H groups in total. The number of nitrogens with zero attached hydrogens (tertiary/aromatic N) is 1. The van der Waals surface area contributed by atoms with Gasteiger partial charge in [-0.1, -0.05) is 170 Å². The monoisotopic (exact) mass is 649 g/mol. The van der Waals surface area contributed by atoms with Crippen molar-refractivity contribution in [2.24, 2.45) is 0 Å². The van der Waals surface area contributed by atoms with Crippen LogP contribution in [0.25, 0.3) is 54.6 Å². The van der Waals surface area contributed by atoms with Crippen LogP contribution in [0.2, 0.25) is 0 Å². The molecule has 1 atom stereocenters. The van der Waals surface area contributed by atoms with Crippen molar-refractivity contribution in [3.63, 3.8) is 0 Å². The molecule has 0 spiro atoms. The van der Waals surface area contributed by atoms with Crippen molar-refractivity contribution >= 4 is 49.4 Å². The molecule has 1 unspecified atom stereocenters. The van der Waals surface area contributed by atoms with Crippen LogP contribution in [0.15, 0.2) is 194 Å². The summed E-state index contributed by atoms with van der Waals surface area (Å²) < 4.78 is 0. The smallest absolute Gasteiger partial charge is 0.0543 e. The summed E-state index contributed by atoms with van der Waals surface area (Å²) in [5.74, 6) is 0. The lowest BCUT2D eigenvalue weighted by Crippen LogP contribution is -2.22. The maximum atomic E-state index is 2.51. The second-order valence-corrected chi connectivity index (χ2v) is 13.8. The van der Waals surface area contributed by atoms with E-state index in [-0.39, 0.29) is 5.41 Å². The average molecular weight is 650 g/mol. The van der Waals surface area contributed by atoms with Gasteiger partial charge in [0.1, 0.15) is 0 Å². The predicted octanol–water partition coefficient (Wildman–Crippen LogP) is 13.6. The fourth-order valence-corrected chi connectivity index (χ4v) is 8.76. The highest BCUT2D eigenvalue weighted by atomic mass is 15.1. The van der Waals surface area contributed by atoms with Crippen molar-refractivity contribution in [3.8, 4) is 22.3 Å². The molecule has 240 valence electrons. The van der Waals surface area contributed by atoms with Gasteiger partial charge in [-0.2, -0.15) is 0 Å². The molecule has 1 nitrogen and oxygen atoms in total. The summed E-state index contributed by atoms with van der Waals surface area (Å²) in [6.45, 7) is 2.40. The van der Waals surface area contributed by atoms with E-state index in [1.165, 1.54) is 76.9 Å². The molecule has 1 aliphatic rings. The fourth-order valence-electron chi connectivity index (χ4n) is 8.76. The maximum absolute atomic E-state index is 2.51. The van der Waals surface area contributed by atoms with Crippen LogP contribution in [-0.2, 0) is 5.41 Å². The Morgan fingerprint density at radius 1 is 0.373 bits per heavy atom. The zero-order valence-electron chi connectivity index (χ0n) is 28.4. The van der Waals surface area contributed by atoms with E-state index in [9.17, 15) is 0 Å². The Balaban J connectivity index is 1.31. The maximum Gasteiger partial charge on any atom is 0.0543 e. The highest BCUT2D eigenvalue weighted by molar-refractivity contribution is 6.26. The summed E-state index contributed by atoms with van der Waals surface area (Å²) in [5.41, 5.74) is 12.1. The molecular formula is C50H35N. The summed E-state index contributed by atoms with van der Waals surface area (Å²) in [4.78, 5) is 2.51. The van der Waals surface area contributed by atoms with Crippen LogP contribution >= 0.6 is 0 Å². The third-order valence-corrected chi connectivity index (χ3v) is 11.1. The van der Waals surface area contributed by atoms with Crippen molar-refractivity contribution in [2.75, 3.05) is 4.90 Å². The Kier molecular flexibility index (Phi) is 6.69. The normalized spacial score (nSPS) is 14.8. The Bertz CT molecular complexity index is 2730. The quantitative estimate of drug-likeness (QED) is 0.168. The number of benzene rings is 9. The molecule has 0 heterocycles. The number of rotatable bonds is 5. The first-order valence-electron chi connectivity index (χ1n) is 17.8. The van der Waals surface area contributed by atoms with Gasteiger partial charge in [-0.25, -0.2) is 0 Å². The van der Waals surface area contributed by atoms with Crippen LogP contribution in [0, 0.1) is 0 Å². The lowest BCUT2D eigenvalue weighted by atomic mass is 9.74. The Morgan fingerprint density at radius 3 is 1.59 bits per heavy atom. The predicted molar refractivity (Wildman–Crippen MR) is 217 cm³/mol. The molecule has 0 fully saturated rings. The zero-order chi connectivity index (χ0) is 33.9. The first kappa shape index (κ1) is 29.5. The highest BCUT2D eigenvalue weighted by Gasteiger charge is 2.42. The molecule has 0 saturated heterocycles. The van der Waals surface area contributed by atoms with Crippen molar-refractivity contribution in [1.82, 2.24) is 0 Å². The molecular weight excluding hydrogens is 615 g/mol. The van der Waals surface area contributed by atoms with Gasteiger partial charge in [-0.05, 0) is 91.3 Å². The van der Waals surface area contributed by atoms with E-state index in [4.69, 9.17) is 0 Å². The summed E-state index contributed by atoms with van der Waals surface area (Å²) in [7, 11) is 0. The molecule has 0 radical (unpaired) electrons. The SMILES string of the molecule is CC1(c2ccccc2)c2ccccc2-c2c(N(c3ccc4c5ccccc5c5ccccc5c4c3)c3ccccc3-c3ccccc3)cccc21. The largest absolute Gasteiger partial charge is 0.309 e. The van der Waals surface area contributed by atoms with Crippen molar-refractivity contribution in [3.05, 3.63) is 211 Å². The highest BCUT2D eigenvalue weighted by Crippen LogP contribution is 2.57. The third-order valence-electron chi connectivity index (χ3n) is 11.1. The number of para-hydroxylation sites is 1. The molecule has 9 aromatic carbocycles. The van der Waals surface area contributed by atoms with Gasteiger partial charge in [0.2, 0.25) is 0 Å². The van der Waals surface area contributed by atoms with Gasteiger partial charge in [0.15, 0.2) is 0 Å². The van der Waals surface area contributed by atoms with Gasteiger partial charge >= 0.3 is 0 Å². The number of fused-ring (bicyclic) bond motifs is 9. The Labute approximate surface area is 298 Å². The molecule has 1 aliphatic carbocycles. The van der Waals surface area contributed by atoms with Gasteiger partial charge in [0.05, 0.1) is 11.4 Å². The van der Waals surface area contributed by atoms with Gasteiger partial charge in [-0.15, -0.1) is 0 Å². The molecule has 51 heavy (non-hydrogen) atoms. The van der Waals surface area contributed by atoms with Crippen molar-refractivity contribution in [2.45, 2.75) is 12.3 Å². The molecule has 0 bridgehead atoms. The summed E-state index contributed by atoms with van der Waals surface area (Å²) in [6.07, 6.45) is 0. The molecule has 10 rings (SSSR count). The minimum atomic E-state index is -0.299. The van der Waals surface area contributed by atoms with Gasteiger partial charge in [0, 0.05) is 22.2 Å². The van der Waals surface area contributed by atoms with Crippen LogP contribution in [0.3, 0.4) is 0 Å². The Hall–Kier alpha value is -6.44. The van der Waals surface area contributed by atoms with Crippen LogP contribution in [-0.4, -0.2) is 0 Å². The second-order valence-electron chi connectivity index (χ2n) is 13.8. The summed E-state index contributed by atoms with van der Waals surface area (Å²) in [6, 6.07) is 71.3. The molecule has 0 aromatic heterocycles. The topological polar surface area (TPSA) is 3.24 Å². The van der Waals surface area contributed by atoms with Crippen LogP contribution < -0.4 is 4.90 Å². The summed E-state index contributed by atoms with van der Waals surface area (Å²) >= 11 is 0. The van der Waals surface area contributed by atoms with E-state index >= 15 is 0 Å². The van der Waals surface area contributed by atoms with E-state index in [1.807, 2.05) is 0 Å². The lowest BCUT2D eigenvalue weighted by Gasteiger charge is -2.32. The van der Waals surface area contributed by atoms with Crippen LogP contribution in [0.5, 0.6) is 0 Å². The fraction of sp³-hybridized carbons (Fsp3) is 0.0400. The number of anilines is 3. The minimum absolute atomic E-state index is 0.299. The summed E-state index contributed by atoms with van der Waals surface area (Å²) in [5, 5.41) is 7.64. The molecule has 1 heteroatoms. The molecule has 0 saturated carbocycles. The van der Waals surface area contributed by atoms with Gasteiger partial charge in [-0.3, -0.25) is 0 Å². The molecule has 0 aliphatic heterocycles. The average Bonchev–Trinajstić information content (AvgIpc) is 3.48. The first-order valence-corrected chi connectivity index (χ1v) is 17.8. The zero-order valence-corrected chi connectivity index (χ0v) is 28.4. The van der Waals surface area contributed by atoms with E-state index in [0.717, 1.165) is 11.4 Å². The number of hydrogen-bond donors (Lipinski definition) is 0. The third kappa shape index (κ3) is 4.41. The van der Waals surface area contributed by atoms with Crippen molar-refractivity contribution < 1.29 is 0 Å². The van der Waals surface area contributed by atoms with E-state index < -0.39 is 0 Å². The van der Waals surface area contributed by atoms with Gasteiger partial charge in [0.25, 0.3) is 0 Å². The lowest BCUT2D eigenvalue weighted by molar-refractivity contribution is 0.714. The Morgan fingerprint density at radius 2 is 0.882 bits per heavy atom. The molecule has 9 aromatic rings. The van der Waals surface area contributed by atoms with E-state index in [1.54, 1.807) is 0 Å².